The molecule has 0 saturated carbocycles. The molecule has 0 N–H and O–H groups in total. The van der Waals surface area contributed by atoms with Crippen LogP contribution < -0.4 is 0 Å². The molecule has 20 heavy (non-hydrogen) atoms. The third kappa shape index (κ3) is 3.17. The molecule has 0 nitrogen and oxygen atoms in total. The van der Waals surface area contributed by atoms with Crippen LogP contribution in [0.25, 0.3) is 9.75 Å². The normalized spacial score (nSPS) is 10.9. The molecule has 4 heteroatoms. The van der Waals surface area contributed by atoms with Gasteiger partial charge in [-0.3, -0.25) is 0 Å². The lowest BCUT2D eigenvalue weighted by Gasteiger charge is -2.04. The van der Waals surface area contributed by atoms with Gasteiger partial charge in [0.05, 0.1) is 4.34 Å². The maximum absolute atomic E-state index is 6.00. The molecule has 2 aromatic heterocycles. The van der Waals surface area contributed by atoms with Crippen molar-refractivity contribution >= 4 is 50.2 Å². The molecule has 0 bridgehead atoms. The van der Waals surface area contributed by atoms with E-state index in [0.717, 1.165) is 15.2 Å². The fourth-order valence-corrected chi connectivity index (χ4v) is 4.64. The Balaban J connectivity index is 1.85. The molecule has 102 valence electrons. The number of hydrogen-bond donors (Lipinski definition) is 0. The third-order valence-corrected chi connectivity index (χ3v) is 6.16. The first kappa shape index (κ1) is 14.3. The summed E-state index contributed by atoms with van der Waals surface area (Å²) in [6.45, 7) is 2.16. The summed E-state index contributed by atoms with van der Waals surface area (Å²) >= 11 is 13.0. The van der Waals surface area contributed by atoms with Crippen LogP contribution in [-0.4, -0.2) is 0 Å². The van der Waals surface area contributed by atoms with Crippen molar-refractivity contribution in [3.8, 4) is 9.75 Å². The van der Waals surface area contributed by atoms with Crippen LogP contribution >= 0.6 is 50.2 Å². The molecule has 0 aliphatic carbocycles. The largest absolute Gasteiger partial charge is 0.139 e. The fraction of sp³-hybridized carbons (Fsp3) is 0.125. The number of thiophene rings is 2. The number of rotatable bonds is 3. The minimum Gasteiger partial charge on any atom is -0.139 e. The molecule has 3 aromatic rings. The summed E-state index contributed by atoms with van der Waals surface area (Å²) in [4.78, 5) is 3.92. The van der Waals surface area contributed by atoms with Gasteiger partial charge in [0.15, 0.2) is 0 Å². The third-order valence-electron chi connectivity index (χ3n) is 3.15. The van der Waals surface area contributed by atoms with Crippen LogP contribution in [0.2, 0.25) is 4.34 Å². The van der Waals surface area contributed by atoms with Crippen molar-refractivity contribution in [2.75, 3.05) is 0 Å². The van der Waals surface area contributed by atoms with Crippen molar-refractivity contribution in [3.63, 3.8) is 0 Å². The van der Waals surface area contributed by atoms with E-state index in [0.29, 0.717) is 0 Å². The number of aryl methyl sites for hydroxylation is 1. The lowest BCUT2D eigenvalue weighted by Crippen LogP contribution is -1.89. The lowest BCUT2D eigenvalue weighted by molar-refractivity contribution is 1.19. The van der Waals surface area contributed by atoms with Gasteiger partial charge in [0, 0.05) is 25.5 Å². The highest BCUT2D eigenvalue weighted by atomic mass is 79.9. The van der Waals surface area contributed by atoms with Gasteiger partial charge in [0.2, 0.25) is 0 Å². The molecule has 2 heterocycles. The molecule has 0 atom stereocenters. The van der Waals surface area contributed by atoms with E-state index in [2.05, 4.69) is 59.3 Å². The summed E-state index contributed by atoms with van der Waals surface area (Å²) < 4.78 is 1.98. The molecule has 0 aliphatic rings. The van der Waals surface area contributed by atoms with E-state index in [9.17, 15) is 0 Å². The Labute approximate surface area is 140 Å². The van der Waals surface area contributed by atoms with Crippen LogP contribution in [-0.2, 0) is 6.42 Å². The Kier molecular flexibility index (Phi) is 4.32. The molecule has 0 fully saturated rings. The van der Waals surface area contributed by atoms with Crippen molar-refractivity contribution in [3.05, 3.63) is 67.3 Å². The highest BCUT2D eigenvalue weighted by molar-refractivity contribution is 9.10. The Morgan fingerprint density at radius 1 is 1.00 bits per heavy atom. The van der Waals surface area contributed by atoms with Crippen LogP contribution in [0.5, 0.6) is 0 Å². The van der Waals surface area contributed by atoms with Gasteiger partial charge in [0.25, 0.3) is 0 Å². The van der Waals surface area contributed by atoms with Crippen molar-refractivity contribution < 1.29 is 0 Å². The van der Waals surface area contributed by atoms with E-state index >= 15 is 0 Å². The predicted octanol–water partition coefficient (Wildman–Crippen LogP) is 6.79. The van der Waals surface area contributed by atoms with E-state index in [1.807, 2.05) is 17.4 Å². The van der Waals surface area contributed by atoms with E-state index in [-0.39, 0.29) is 0 Å². The molecule has 1 aromatic carbocycles. The molecule has 0 aliphatic heterocycles. The van der Waals surface area contributed by atoms with E-state index in [1.54, 1.807) is 11.3 Å². The SMILES string of the molecule is Cc1ccc(Br)cc1Cc1ccc(-c2ccc(Cl)s2)s1. The van der Waals surface area contributed by atoms with Crippen LogP contribution in [0, 0.1) is 6.92 Å². The lowest BCUT2D eigenvalue weighted by atomic mass is 10.1. The number of hydrogen-bond acceptors (Lipinski definition) is 2. The average molecular weight is 384 g/mol. The van der Waals surface area contributed by atoms with Crippen LogP contribution in [0.1, 0.15) is 16.0 Å². The van der Waals surface area contributed by atoms with Gasteiger partial charge in [0.1, 0.15) is 0 Å². The zero-order valence-electron chi connectivity index (χ0n) is 10.8. The minimum absolute atomic E-state index is 0.845. The van der Waals surface area contributed by atoms with E-state index < -0.39 is 0 Å². The second-order valence-electron chi connectivity index (χ2n) is 4.62. The first-order chi connectivity index (χ1) is 9.61. The maximum atomic E-state index is 6.00. The van der Waals surface area contributed by atoms with Gasteiger partial charge >= 0.3 is 0 Å². The van der Waals surface area contributed by atoms with Gasteiger partial charge < -0.3 is 0 Å². The molecular formula is C16H12BrClS2. The predicted molar refractivity (Wildman–Crippen MR) is 94.3 cm³/mol. The highest BCUT2D eigenvalue weighted by Crippen LogP contribution is 2.36. The fourth-order valence-electron chi connectivity index (χ4n) is 2.07. The molecule has 0 amide bonds. The second kappa shape index (κ2) is 6.02. The summed E-state index contributed by atoms with van der Waals surface area (Å²) in [6.07, 6.45) is 0.981. The summed E-state index contributed by atoms with van der Waals surface area (Å²) in [5.41, 5.74) is 2.71. The Morgan fingerprint density at radius 3 is 2.50 bits per heavy atom. The van der Waals surface area contributed by atoms with Gasteiger partial charge in [-0.05, 0) is 54.4 Å². The van der Waals surface area contributed by atoms with Gasteiger partial charge in [-0.15, -0.1) is 22.7 Å². The Hall–Kier alpha value is -0.610. The topological polar surface area (TPSA) is 0 Å². The van der Waals surface area contributed by atoms with Crippen molar-refractivity contribution in [1.29, 1.82) is 0 Å². The molecular weight excluding hydrogens is 372 g/mol. The average Bonchev–Trinajstić information content (AvgIpc) is 3.03. The Bertz CT molecular complexity index is 743. The first-order valence-corrected chi connectivity index (χ1v) is 9.01. The van der Waals surface area contributed by atoms with Crippen molar-refractivity contribution in [2.24, 2.45) is 0 Å². The van der Waals surface area contributed by atoms with E-state index in [4.69, 9.17) is 11.6 Å². The maximum Gasteiger partial charge on any atom is 0.0935 e. The highest BCUT2D eigenvalue weighted by Gasteiger charge is 2.07. The molecule has 0 saturated heterocycles. The van der Waals surface area contributed by atoms with Crippen LogP contribution in [0.15, 0.2) is 46.9 Å². The summed E-state index contributed by atoms with van der Waals surface area (Å²) in [6, 6.07) is 14.9. The first-order valence-electron chi connectivity index (χ1n) is 6.21. The van der Waals surface area contributed by atoms with Crippen molar-refractivity contribution in [1.82, 2.24) is 0 Å². The zero-order valence-corrected chi connectivity index (χ0v) is 14.8. The Morgan fingerprint density at radius 2 is 1.75 bits per heavy atom. The van der Waals surface area contributed by atoms with E-state index in [1.165, 1.54) is 25.8 Å². The molecule has 0 radical (unpaired) electrons. The standard InChI is InChI=1S/C16H12BrClS2/c1-10-2-3-12(17)8-11(10)9-13-4-5-14(19-13)15-6-7-16(18)20-15/h2-8H,9H2,1H3. The number of benzene rings is 1. The van der Waals surface area contributed by atoms with Crippen LogP contribution in [0.3, 0.4) is 0 Å². The smallest absolute Gasteiger partial charge is 0.0935 e. The summed E-state index contributed by atoms with van der Waals surface area (Å²) in [5, 5.41) is 0. The zero-order chi connectivity index (χ0) is 14.1. The van der Waals surface area contributed by atoms with Crippen LogP contribution in [0.4, 0.5) is 0 Å². The van der Waals surface area contributed by atoms with Gasteiger partial charge in [-0.2, -0.15) is 0 Å². The monoisotopic (exact) mass is 382 g/mol. The molecule has 0 unspecified atom stereocenters. The van der Waals surface area contributed by atoms with Gasteiger partial charge in [-0.1, -0.05) is 33.6 Å². The second-order valence-corrected chi connectivity index (χ2v) is 8.42. The molecule has 0 spiro atoms. The van der Waals surface area contributed by atoms with Gasteiger partial charge in [-0.25, -0.2) is 0 Å². The summed E-state index contributed by atoms with van der Waals surface area (Å²) in [7, 11) is 0. The number of halogens is 2. The minimum atomic E-state index is 0.845. The quantitative estimate of drug-likeness (QED) is 0.467. The van der Waals surface area contributed by atoms with Crippen molar-refractivity contribution in [2.45, 2.75) is 13.3 Å². The molecule has 3 rings (SSSR count). The summed E-state index contributed by atoms with van der Waals surface area (Å²) in [5.74, 6) is 0.